The Morgan fingerprint density at radius 2 is 2.03 bits per heavy atom. The van der Waals surface area contributed by atoms with E-state index in [1.165, 1.54) is 48.7 Å². The van der Waals surface area contributed by atoms with Crippen LogP contribution in [0.3, 0.4) is 0 Å². The van der Waals surface area contributed by atoms with Crippen LogP contribution in [0.15, 0.2) is 43.1 Å². The number of rotatable bonds is 9. The third-order valence-electron chi connectivity index (χ3n) is 7.64. The molecule has 0 radical (unpaired) electrons. The molecule has 2 aromatic heterocycles. The molecule has 0 aliphatic heterocycles. The predicted molar refractivity (Wildman–Crippen MR) is 132 cm³/mol. The Balaban J connectivity index is 1.31. The molecule has 3 aromatic rings. The Kier molecular flexibility index (Phi) is 7.30. The monoisotopic (exact) mass is 510 g/mol. The summed E-state index contributed by atoms with van der Waals surface area (Å²) in [5, 5.41) is 21.5. The Morgan fingerprint density at radius 3 is 2.70 bits per heavy atom. The third kappa shape index (κ3) is 6.02. The van der Waals surface area contributed by atoms with E-state index < -0.39 is 23.8 Å². The molecular weight excluding hydrogens is 478 g/mol. The highest BCUT2D eigenvalue weighted by Gasteiger charge is 2.44. The SMILES string of the molecule is Cc1cnc2c(c1)[C@@H](NC[C@@H](O)[C@H](Cc1cc(F)cc(F)c1)NC(=O)Cn1cncn1)CC1(CCC1)C2. The van der Waals surface area contributed by atoms with Gasteiger partial charge in [0.05, 0.1) is 12.1 Å². The zero-order chi connectivity index (χ0) is 26.0. The summed E-state index contributed by atoms with van der Waals surface area (Å²) >= 11 is 0. The van der Waals surface area contributed by atoms with Crippen molar-refractivity contribution in [3.8, 4) is 0 Å². The lowest BCUT2D eigenvalue weighted by atomic mass is 9.59. The van der Waals surface area contributed by atoms with Crippen molar-refractivity contribution in [3.63, 3.8) is 0 Å². The largest absolute Gasteiger partial charge is 0.390 e. The molecule has 0 saturated heterocycles. The Hall–Kier alpha value is -3.24. The van der Waals surface area contributed by atoms with E-state index >= 15 is 0 Å². The molecule has 1 aromatic carbocycles. The molecule has 2 aliphatic carbocycles. The molecule has 1 fully saturated rings. The highest BCUT2D eigenvalue weighted by atomic mass is 19.1. The van der Waals surface area contributed by atoms with Gasteiger partial charge in [0.2, 0.25) is 5.91 Å². The van der Waals surface area contributed by atoms with E-state index in [0.29, 0.717) is 5.56 Å². The maximum atomic E-state index is 13.8. The van der Waals surface area contributed by atoms with Crippen LogP contribution in [-0.2, 0) is 24.2 Å². The maximum absolute atomic E-state index is 13.8. The standard InChI is InChI=1S/C27H32F2N6O2/c1-17-5-21-23(31-12-17)10-27(3-2-4-27)11-24(21)32-13-25(36)22(8-18-6-19(28)9-20(29)7-18)34-26(37)14-35-16-30-15-33-35/h5-7,9,12,15-16,22,24-25,32,36H,2-4,8,10-11,13-14H2,1H3,(H,34,37)/t22-,24-,25+/m0/s1. The van der Waals surface area contributed by atoms with Gasteiger partial charge in [-0.05, 0) is 73.3 Å². The molecule has 1 saturated carbocycles. The van der Waals surface area contributed by atoms with Crippen LogP contribution in [0.2, 0.25) is 0 Å². The van der Waals surface area contributed by atoms with E-state index in [1.807, 2.05) is 13.1 Å². The molecule has 2 aliphatic rings. The summed E-state index contributed by atoms with van der Waals surface area (Å²) in [5.74, 6) is -1.80. The number of aliphatic hydroxyl groups is 1. The number of pyridine rings is 1. The molecule has 0 bridgehead atoms. The molecule has 3 N–H and O–H groups in total. The molecule has 2 heterocycles. The number of hydrogen-bond donors (Lipinski definition) is 3. The normalized spacial score (nSPS) is 19.6. The number of benzene rings is 1. The van der Waals surface area contributed by atoms with Crippen molar-refractivity contribution in [2.24, 2.45) is 5.41 Å². The lowest BCUT2D eigenvalue weighted by Gasteiger charge is -2.48. The van der Waals surface area contributed by atoms with Crippen molar-refractivity contribution in [1.82, 2.24) is 30.4 Å². The molecule has 8 nitrogen and oxygen atoms in total. The van der Waals surface area contributed by atoms with Gasteiger partial charge < -0.3 is 15.7 Å². The number of aromatic nitrogens is 4. The first-order valence-electron chi connectivity index (χ1n) is 12.7. The molecule has 5 rings (SSSR count). The number of fused-ring (bicyclic) bond motifs is 1. The van der Waals surface area contributed by atoms with E-state index in [1.54, 1.807) is 0 Å². The van der Waals surface area contributed by atoms with Gasteiger partial charge in [-0.25, -0.2) is 18.4 Å². The molecule has 1 spiro atoms. The molecule has 1 amide bonds. The molecular formula is C27H32F2N6O2. The summed E-state index contributed by atoms with van der Waals surface area (Å²) in [5.41, 5.74) is 3.95. The quantitative estimate of drug-likeness (QED) is 0.409. The fourth-order valence-electron chi connectivity index (χ4n) is 5.66. The van der Waals surface area contributed by atoms with Crippen LogP contribution in [0.1, 0.15) is 54.1 Å². The predicted octanol–water partition coefficient (Wildman–Crippen LogP) is 2.80. The second-order valence-electron chi connectivity index (χ2n) is 10.6. The minimum absolute atomic E-state index is 0.0317. The number of carbonyl (C=O) groups excluding carboxylic acids is 1. The summed E-state index contributed by atoms with van der Waals surface area (Å²) in [4.78, 5) is 21.2. The Labute approximate surface area is 214 Å². The zero-order valence-electron chi connectivity index (χ0n) is 20.8. The van der Waals surface area contributed by atoms with Gasteiger partial charge in [-0.2, -0.15) is 5.10 Å². The van der Waals surface area contributed by atoms with Gasteiger partial charge in [0.1, 0.15) is 30.8 Å². The van der Waals surface area contributed by atoms with Gasteiger partial charge in [-0.1, -0.05) is 12.5 Å². The van der Waals surface area contributed by atoms with E-state index in [4.69, 9.17) is 4.98 Å². The van der Waals surface area contributed by atoms with Crippen molar-refractivity contribution in [2.75, 3.05) is 6.54 Å². The number of hydrogen-bond acceptors (Lipinski definition) is 6. The van der Waals surface area contributed by atoms with Crippen LogP contribution in [0.25, 0.3) is 0 Å². The number of carbonyl (C=O) groups is 1. The van der Waals surface area contributed by atoms with Gasteiger partial charge in [0.25, 0.3) is 0 Å². The average Bonchev–Trinajstić information content (AvgIpc) is 3.33. The lowest BCUT2D eigenvalue weighted by molar-refractivity contribution is -0.123. The van der Waals surface area contributed by atoms with Gasteiger partial charge in [0, 0.05) is 30.5 Å². The van der Waals surface area contributed by atoms with Crippen LogP contribution < -0.4 is 10.6 Å². The summed E-state index contributed by atoms with van der Waals surface area (Å²) < 4.78 is 29.1. The van der Waals surface area contributed by atoms with Gasteiger partial charge in [-0.15, -0.1) is 0 Å². The Morgan fingerprint density at radius 1 is 1.24 bits per heavy atom. The molecule has 37 heavy (non-hydrogen) atoms. The number of nitrogens with one attached hydrogen (secondary N) is 2. The third-order valence-corrected chi connectivity index (χ3v) is 7.64. The van der Waals surface area contributed by atoms with Crippen molar-refractivity contribution >= 4 is 5.91 Å². The van der Waals surface area contributed by atoms with Crippen molar-refractivity contribution in [3.05, 3.63) is 77.1 Å². The van der Waals surface area contributed by atoms with Crippen LogP contribution in [0.5, 0.6) is 0 Å². The van der Waals surface area contributed by atoms with Crippen molar-refractivity contribution in [2.45, 2.75) is 70.2 Å². The molecule has 3 atom stereocenters. The molecule has 10 heteroatoms. The summed E-state index contributed by atoms with van der Waals surface area (Å²) in [6.07, 6.45) is 9.23. The molecule has 0 unspecified atom stereocenters. The first-order valence-corrected chi connectivity index (χ1v) is 12.7. The van der Waals surface area contributed by atoms with E-state index in [9.17, 15) is 18.7 Å². The number of aryl methyl sites for hydroxylation is 1. The summed E-state index contributed by atoms with van der Waals surface area (Å²) in [6.45, 7) is 2.13. The fraction of sp³-hybridized carbons (Fsp3) is 0.481. The summed E-state index contributed by atoms with van der Waals surface area (Å²) in [6, 6.07) is 4.64. The summed E-state index contributed by atoms with van der Waals surface area (Å²) in [7, 11) is 0. The lowest BCUT2D eigenvalue weighted by Crippen LogP contribution is -2.51. The second-order valence-corrected chi connectivity index (χ2v) is 10.6. The maximum Gasteiger partial charge on any atom is 0.242 e. The smallest absolute Gasteiger partial charge is 0.242 e. The van der Waals surface area contributed by atoms with Crippen LogP contribution in [0, 0.1) is 24.0 Å². The second kappa shape index (κ2) is 10.6. The molecule has 196 valence electrons. The number of halogens is 2. The first kappa shape index (κ1) is 25.4. The van der Waals surface area contributed by atoms with Crippen LogP contribution in [-0.4, -0.2) is 49.5 Å². The number of aliphatic hydroxyl groups excluding tert-OH is 1. The minimum atomic E-state index is -1.01. The highest BCUT2D eigenvalue weighted by Crippen LogP contribution is 2.52. The van der Waals surface area contributed by atoms with Crippen LogP contribution in [0.4, 0.5) is 8.78 Å². The number of amides is 1. The van der Waals surface area contributed by atoms with Crippen LogP contribution >= 0.6 is 0 Å². The fourth-order valence-corrected chi connectivity index (χ4v) is 5.66. The van der Waals surface area contributed by atoms with E-state index in [-0.39, 0.29) is 36.9 Å². The van der Waals surface area contributed by atoms with Gasteiger partial charge >= 0.3 is 0 Å². The minimum Gasteiger partial charge on any atom is -0.390 e. The van der Waals surface area contributed by atoms with Gasteiger partial charge in [-0.3, -0.25) is 9.78 Å². The first-order chi connectivity index (χ1) is 17.8. The highest BCUT2D eigenvalue weighted by molar-refractivity contribution is 5.76. The number of nitrogens with zero attached hydrogens (tertiary/aromatic N) is 4. The van der Waals surface area contributed by atoms with E-state index in [2.05, 4.69) is 26.8 Å². The van der Waals surface area contributed by atoms with E-state index in [0.717, 1.165) is 35.7 Å². The zero-order valence-corrected chi connectivity index (χ0v) is 20.8. The van der Waals surface area contributed by atoms with Crippen molar-refractivity contribution < 1.29 is 18.7 Å². The topological polar surface area (TPSA) is 105 Å². The Bertz CT molecular complexity index is 1230. The van der Waals surface area contributed by atoms with Crippen molar-refractivity contribution in [1.29, 1.82) is 0 Å². The average molecular weight is 511 g/mol. The van der Waals surface area contributed by atoms with Gasteiger partial charge in [0.15, 0.2) is 0 Å².